The number of nitrogens with one attached hydrogen (secondary N) is 1. The van der Waals surface area contributed by atoms with Gasteiger partial charge in [0.05, 0.1) is 5.41 Å². The zero-order valence-corrected chi connectivity index (χ0v) is 10.1. The molecule has 1 aliphatic heterocycles. The highest BCUT2D eigenvalue weighted by Gasteiger charge is 2.39. The fourth-order valence-electron chi connectivity index (χ4n) is 2.67. The summed E-state index contributed by atoms with van der Waals surface area (Å²) in [5.41, 5.74) is 0.870. The Morgan fingerprint density at radius 3 is 2.53 bits per heavy atom. The molecular weight excluding hydrogens is 210 g/mol. The van der Waals surface area contributed by atoms with Gasteiger partial charge in [0.1, 0.15) is 5.78 Å². The Labute approximate surface area is 103 Å². The summed E-state index contributed by atoms with van der Waals surface area (Å²) in [6, 6.07) is 10.2. The Kier molecular flexibility index (Phi) is 3.75. The normalized spacial score (nSPS) is 18.6. The van der Waals surface area contributed by atoms with Crippen molar-refractivity contribution in [1.82, 2.24) is 5.32 Å². The Balaban J connectivity index is 2.36. The maximum absolute atomic E-state index is 12.4. The minimum Gasteiger partial charge on any atom is -0.317 e. The third-order valence-electron chi connectivity index (χ3n) is 3.65. The van der Waals surface area contributed by atoms with Gasteiger partial charge in [0.2, 0.25) is 0 Å². The molecule has 0 aromatic heterocycles. The average Bonchev–Trinajstić information content (AvgIpc) is 2.41. The van der Waals surface area contributed by atoms with Crippen molar-refractivity contribution in [2.24, 2.45) is 0 Å². The van der Waals surface area contributed by atoms with Gasteiger partial charge >= 0.3 is 0 Å². The molecule has 17 heavy (non-hydrogen) atoms. The molecule has 0 spiro atoms. The number of benzene rings is 1. The second-order valence-corrected chi connectivity index (χ2v) is 4.61. The summed E-state index contributed by atoms with van der Waals surface area (Å²) < 4.78 is 0. The summed E-state index contributed by atoms with van der Waals surface area (Å²) >= 11 is 0. The van der Waals surface area contributed by atoms with Crippen molar-refractivity contribution in [3.8, 4) is 0 Å². The lowest BCUT2D eigenvalue weighted by molar-refractivity contribution is -0.124. The molecule has 0 amide bonds. The summed E-state index contributed by atoms with van der Waals surface area (Å²) in [6.45, 7) is 5.51. The number of carbonyl (C=O) groups is 1. The fraction of sp³-hybridized carbons (Fsp3) is 0.400. The van der Waals surface area contributed by atoms with Crippen LogP contribution in [0.5, 0.6) is 0 Å². The first-order valence-electron chi connectivity index (χ1n) is 6.20. The molecule has 2 heteroatoms. The first-order chi connectivity index (χ1) is 8.29. The molecule has 1 heterocycles. The van der Waals surface area contributed by atoms with E-state index in [4.69, 9.17) is 0 Å². The second-order valence-electron chi connectivity index (χ2n) is 4.61. The summed E-state index contributed by atoms with van der Waals surface area (Å²) in [7, 11) is 0. The van der Waals surface area contributed by atoms with E-state index in [1.807, 2.05) is 18.2 Å². The lowest BCUT2D eigenvalue weighted by atomic mass is 9.69. The number of piperidine rings is 1. The van der Waals surface area contributed by atoms with Crippen molar-refractivity contribution < 1.29 is 4.79 Å². The molecule has 0 bridgehead atoms. The number of rotatable bonds is 4. The number of carbonyl (C=O) groups excluding carboxylic acids is 1. The van der Waals surface area contributed by atoms with Crippen LogP contribution in [0.3, 0.4) is 0 Å². The van der Waals surface area contributed by atoms with Crippen molar-refractivity contribution in [2.45, 2.75) is 24.7 Å². The van der Waals surface area contributed by atoms with Gasteiger partial charge in [-0.05, 0) is 31.5 Å². The lowest BCUT2D eigenvalue weighted by Crippen LogP contribution is -2.45. The van der Waals surface area contributed by atoms with Crippen LogP contribution < -0.4 is 5.32 Å². The molecule has 1 aliphatic rings. The van der Waals surface area contributed by atoms with E-state index in [2.05, 4.69) is 24.0 Å². The quantitative estimate of drug-likeness (QED) is 0.803. The molecule has 0 radical (unpaired) electrons. The van der Waals surface area contributed by atoms with Gasteiger partial charge in [-0.1, -0.05) is 36.4 Å². The Morgan fingerprint density at radius 2 is 1.94 bits per heavy atom. The SMILES string of the molecule is C=CCC(=O)C1(c2ccccc2)CCNCC1. The number of Topliss-reactive ketones (excluding diaryl/α,β-unsaturated/α-hetero) is 1. The zero-order valence-electron chi connectivity index (χ0n) is 10.1. The molecule has 1 aromatic carbocycles. The molecule has 1 fully saturated rings. The van der Waals surface area contributed by atoms with Crippen molar-refractivity contribution in [3.63, 3.8) is 0 Å². The summed E-state index contributed by atoms with van der Waals surface area (Å²) in [4.78, 5) is 12.4. The number of ketones is 1. The largest absolute Gasteiger partial charge is 0.317 e. The molecule has 1 aromatic rings. The Morgan fingerprint density at radius 1 is 1.29 bits per heavy atom. The van der Waals surface area contributed by atoms with E-state index in [9.17, 15) is 4.79 Å². The van der Waals surface area contributed by atoms with Crippen LogP contribution in [0.4, 0.5) is 0 Å². The van der Waals surface area contributed by atoms with Crippen LogP contribution in [0.25, 0.3) is 0 Å². The van der Waals surface area contributed by atoms with Crippen LogP contribution in [-0.2, 0) is 10.2 Å². The van der Waals surface area contributed by atoms with E-state index in [1.165, 1.54) is 0 Å². The molecule has 1 saturated heterocycles. The average molecular weight is 229 g/mol. The zero-order chi connectivity index (χ0) is 12.1. The van der Waals surface area contributed by atoms with Crippen LogP contribution in [0.1, 0.15) is 24.8 Å². The first kappa shape index (κ1) is 12.1. The maximum atomic E-state index is 12.4. The van der Waals surface area contributed by atoms with E-state index >= 15 is 0 Å². The molecule has 90 valence electrons. The third kappa shape index (κ3) is 2.32. The van der Waals surface area contributed by atoms with Crippen LogP contribution in [0.15, 0.2) is 43.0 Å². The topological polar surface area (TPSA) is 29.1 Å². The number of hydrogen-bond donors (Lipinski definition) is 1. The molecule has 0 atom stereocenters. The maximum Gasteiger partial charge on any atom is 0.147 e. The smallest absolute Gasteiger partial charge is 0.147 e. The summed E-state index contributed by atoms with van der Waals surface area (Å²) in [5, 5.41) is 3.33. The predicted molar refractivity (Wildman–Crippen MR) is 70.0 cm³/mol. The van der Waals surface area contributed by atoms with Crippen molar-refractivity contribution in [2.75, 3.05) is 13.1 Å². The highest BCUT2D eigenvalue weighted by atomic mass is 16.1. The molecule has 2 rings (SSSR count). The minimum absolute atomic E-state index is 0.291. The minimum atomic E-state index is -0.291. The lowest BCUT2D eigenvalue weighted by Gasteiger charge is -2.36. The van der Waals surface area contributed by atoms with E-state index in [1.54, 1.807) is 6.08 Å². The fourth-order valence-corrected chi connectivity index (χ4v) is 2.67. The Hall–Kier alpha value is -1.41. The highest BCUT2D eigenvalue weighted by Crippen LogP contribution is 2.35. The Bertz CT molecular complexity index is 391. The molecule has 0 aliphatic carbocycles. The van der Waals surface area contributed by atoms with E-state index in [0.29, 0.717) is 12.2 Å². The van der Waals surface area contributed by atoms with Crippen molar-refractivity contribution in [3.05, 3.63) is 48.6 Å². The van der Waals surface area contributed by atoms with Gasteiger partial charge in [0.15, 0.2) is 0 Å². The molecule has 2 nitrogen and oxygen atoms in total. The van der Waals surface area contributed by atoms with Crippen molar-refractivity contribution in [1.29, 1.82) is 0 Å². The van der Waals surface area contributed by atoms with Crippen LogP contribution >= 0.6 is 0 Å². The van der Waals surface area contributed by atoms with Gasteiger partial charge in [-0.2, -0.15) is 0 Å². The molecule has 1 N–H and O–H groups in total. The van der Waals surface area contributed by atoms with E-state index in [-0.39, 0.29) is 5.41 Å². The summed E-state index contributed by atoms with van der Waals surface area (Å²) in [6.07, 6.45) is 3.97. The van der Waals surface area contributed by atoms with Gasteiger partial charge < -0.3 is 5.32 Å². The van der Waals surface area contributed by atoms with Crippen LogP contribution in [0, 0.1) is 0 Å². The van der Waals surface area contributed by atoms with Gasteiger partial charge in [0, 0.05) is 6.42 Å². The van der Waals surface area contributed by atoms with Crippen molar-refractivity contribution >= 4 is 5.78 Å². The van der Waals surface area contributed by atoms with Gasteiger partial charge in [-0.15, -0.1) is 6.58 Å². The molecule has 0 saturated carbocycles. The number of allylic oxidation sites excluding steroid dienone is 1. The van der Waals surface area contributed by atoms with E-state index < -0.39 is 0 Å². The first-order valence-corrected chi connectivity index (χ1v) is 6.20. The predicted octanol–water partition coefficient (Wildman–Crippen LogP) is 2.45. The standard InChI is InChI=1S/C15H19NO/c1-2-6-14(17)15(9-11-16-12-10-15)13-7-4-3-5-8-13/h2-5,7-8,16H,1,6,9-12H2. The number of hydrogen-bond acceptors (Lipinski definition) is 2. The third-order valence-corrected chi connectivity index (χ3v) is 3.65. The van der Waals surface area contributed by atoms with Gasteiger partial charge in [-0.25, -0.2) is 0 Å². The van der Waals surface area contributed by atoms with Crippen LogP contribution in [-0.4, -0.2) is 18.9 Å². The van der Waals surface area contributed by atoms with E-state index in [0.717, 1.165) is 31.5 Å². The van der Waals surface area contributed by atoms with Gasteiger partial charge in [0.25, 0.3) is 0 Å². The second kappa shape index (κ2) is 5.28. The monoisotopic (exact) mass is 229 g/mol. The molecule has 0 unspecified atom stereocenters. The van der Waals surface area contributed by atoms with Gasteiger partial charge in [-0.3, -0.25) is 4.79 Å². The molecular formula is C15H19NO. The van der Waals surface area contributed by atoms with Crippen LogP contribution in [0.2, 0.25) is 0 Å². The summed E-state index contributed by atoms with van der Waals surface area (Å²) in [5.74, 6) is 0.306. The highest BCUT2D eigenvalue weighted by molar-refractivity contribution is 5.91.